The molecule has 0 aliphatic carbocycles. The highest BCUT2D eigenvalue weighted by atomic mass is 16.2. The van der Waals surface area contributed by atoms with Crippen LogP contribution in [0.25, 0.3) is 0 Å². The van der Waals surface area contributed by atoms with Crippen LogP contribution < -0.4 is 10.6 Å². The lowest BCUT2D eigenvalue weighted by molar-refractivity contribution is -0.907. The summed E-state index contributed by atoms with van der Waals surface area (Å²) in [4.78, 5) is 24.1. The van der Waals surface area contributed by atoms with E-state index in [0.717, 1.165) is 22.1 Å². The second kappa shape index (κ2) is 10.3. The molecule has 0 bridgehead atoms. The van der Waals surface area contributed by atoms with Crippen LogP contribution in [-0.2, 0) is 9.59 Å². The van der Waals surface area contributed by atoms with Crippen LogP contribution in [0, 0.1) is 0 Å². The summed E-state index contributed by atoms with van der Waals surface area (Å²) in [5, 5.41) is 5.62. The third kappa shape index (κ3) is 7.23. The molecule has 26 heavy (non-hydrogen) atoms. The maximum atomic E-state index is 12.0. The van der Waals surface area contributed by atoms with Gasteiger partial charge < -0.3 is 19.6 Å². The molecule has 2 saturated heterocycles. The van der Waals surface area contributed by atoms with Gasteiger partial charge in [-0.2, -0.15) is 0 Å². The number of hydrogen-bond acceptors (Lipinski definition) is 2. The van der Waals surface area contributed by atoms with E-state index in [1.807, 2.05) is 0 Å². The molecule has 6 nitrogen and oxygen atoms in total. The molecule has 0 aromatic carbocycles. The van der Waals surface area contributed by atoms with Crippen molar-refractivity contribution in [3.8, 4) is 0 Å². The molecule has 2 rings (SSSR count). The summed E-state index contributed by atoms with van der Waals surface area (Å²) < 4.78 is 2.02. The van der Waals surface area contributed by atoms with Crippen LogP contribution in [0.3, 0.4) is 0 Å². The number of nitrogens with zero attached hydrogens (tertiary/aromatic N) is 2. The summed E-state index contributed by atoms with van der Waals surface area (Å²) in [6, 6.07) is 0. The van der Waals surface area contributed by atoms with Crippen LogP contribution in [0.5, 0.6) is 0 Å². The summed E-state index contributed by atoms with van der Waals surface area (Å²) in [6.45, 7) is 7.70. The molecule has 0 saturated carbocycles. The predicted molar refractivity (Wildman–Crippen MR) is 105 cm³/mol. The number of amides is 2. The van der Waals surface area contributed by atoms with Gasteiger partial charge in [0.1, 0.15) is 0 Å². The Hall–Kier alpha value is -1.14. The number of likely N-dealkylation sites (N-methyl/N-ethyl adjacent to an activating group) is 2. The smallest absolute Gasteiger partial charge is 0.309 e. The molecule has 0 atom stereocenters. The van der Waals surface area contributed by atoms with Crippen molar-refractivity contribution in [3.63, 3.8) is 0 Å². The highest BCUT2D eigenvalue weighted by Crippen LogP contribution is 2.16. The van der Waals surface area contributed by atoms with Crippen molar-refractivity contribution in [2.75, 3.05) is 66.5 Å². The Morgan fingerprint density at radius 2 is 0.923 bits per heavy atom. The number of carbonyl (C=O) groups is 2. The van der Waals surface area contributed by atoms with E-state index >= 15 is 0 Å². The van der Waals surface area contributed by atoms with Crippen LogP contribution >= 0.6 is 0 Å². The molecule has 0 radical (unpaired) electrons. The molecule has 2 heterocycles. The average Bonchev–Trinajstić information content (AvgIpc) is 2.95. The lowest BCUT2D eigenvalue weighted by Gasteiger charge is -2.33. The minimum Gasteiger partial charge on any atom is -0.342 e. The van der Waals surface area contributed by atoms with E-state index < -0.39 is 11.8 Å². The van der Waals surface area contributed by atoms with Crippen molar-refractivity contribution < 1.29 is 18.6 Å². The van der Waals surface area contributed by atoms with Crippen molar-refractivity contribution in [1.82, 2.24) is 10.6 Å². The van der Waals surface area contributed by atoms with Gasteiger partial charge in [-0.15, -0.1) is 0 Å². The third-order valence-electron chi connectivity index (χ3n) is 6.37. The molecule has 2 aliphatic rings. The van der Waals surface area contributed by atoms with Gasteiger partial charge in [-0.05, 0) is 51.4 Å². The summed E-state index contributed by atoms with van der Waals surface area (Å²) >= 11 is 0. The molecular weight excluding hydrogens is 328 g/mol. The number of likely N-dealkylation sites (tertiary alicyclic amines) is 2. The number of nitrogens with one attached hydrogen (secondary N) is 2. The van der Waals surface area contributed by atoms with Gasteiger partial charge in [0.15, 0.2) is 0 Å². The van der Waals surface area contributed by atoms with E-state index in [9.17, 15) is 9.59 Å². The molecule has 2 fully saturated rings. The molecule has 2 N–H and O–H groups in total. The van der Waals surface area contributed by atoms with Gasteiger partial charge >= 0.3 is 11.8 Å². The fourth-order valence-electron chi connectivity index (χ4n) is 4.39. The Morgan fingerprint density at radius 3 is 1.23 bits per heavy atom. The van der Waals surface area contributed by atoms with E-state index in [-0.39, 0.29) is 0 Å². The predicted octanol–water partition coefficient (Wildman–Crippen LogP) is 1.26. The Morgan fingerprint density at radius 1 is 0.615 bits per heavy atom. The average molecular weight is 369 g/mol. The maximum Gasteiger partial charge on any atom is 0.309 e. The molecule has 0 aromatic rings. The lowest BCUT2D eigenvalue weighted by atomic mass is 10.2. The van der Waals surface area contributed by atoms with Gasteiger partial charge in [0.25, 0.3) is 0 Å². The molecule has 0 spiro atoms. The Kier molecular flexibility index (Phi) is 8.35. The first-order valence-electron chi connectivity index (χ1n) is 10.7. The molecule has 2 amide bonds. The SMILES string of the molecule is C[N+]1(CCNC(=O)C(=O)NCC[N+]2(C)CCCCCC2)CCCCCC1. The fourth-order valence-corrected chi connectivity index (χ4v) is 4.39. The van der Waals surface area contributed by atoms with Crippen molar-refractivity contribution in [2.24, 2.45) is 0 Å². The first-order chi connectivity index (χ1) is 12.4. The van der Waals surface area contributed by atoms with E-state index in [2.05, 4.69) is 24.7 Å². The van der Waals surface area contributed by atoms with Gasteiger partial charge in [-0.3, -0.25) is 9.59 Å². The molecule has 0 unspecified atom stereocenters. The Balaban J connectivity index is 1.63. The molecular formula is C20H40N4O2+2. The highest BCUT2D eigenvalue weighted by Gasteiger charge is 2.25. The normalized spacial score (nSPS) is 22.7. The fraction of sp³-hybridized carbons (Fsp3) is 0.900. The van der Waals surface area contributed by atoms with Crippen molar-refractivity contribution in [1.29, 1.82) is 0 Å². The van der Waals surface area contributed by atoms with Gasteiger partial charge in [0.05, 0.1) is 66.5 Å². The summed E-state index contributed by atoms with van der Waals surface area (Å²) in [5.74, 6) is -0.963. The van der Waals surface area contributed by atoms with Crippen LogP contribution in [-0.4, -0.2) is 87.2 Å². The van der Waals surface area contributed by atoms with E-state index in [1.165, 1.54) is 77.5 Å². The number of rotatable bonds is 6. The number of hydrogen-bond donors (Lipinski definition) is 2. The van der Waals surface area contributed by atoms with E-state index in [4.69, 9.17) is 0 Å². The van der Waals surface area contributed by atoms with Crippen molar-refractivity contribution >= 4 is 11.8 Å². The van der Waals surface area contributed by atoms with Crippen LogP contribution in [0.15, 0.2) is 0 Å². The first kappa shape index (κ1) is 21.2. The minimum absolute atomic E-state index is 0.482. The zero-order valence-corrected chi connectivity index (χ0v) is 17.0. The molecule has 6 heteroatoms. The van der Waals surface area contributed by atoms with Gasteiger partial charge in [-0.25, -0.2) is 0 Å². The molecule has 150 valence electrons. The van der Waals surface area contributed by atoms with Gasteiger partial charge in [-0.1, -0.05) is 0 Å². The minimum atomic E-state index is -0.482. The van der Waals surface area contributed by atoms with Crippen molar-refractivity contribution in [3.05, 3.63) is 0 Å². The number of quaternary nitrogens is 2. The standard InChI is InChI=1S/C20H38N4O2/c1-23(13-7-3-4-8-14-23)17-11-21-19(25)20(26)22-12-18-24(2)15-9-5-6-10-16-24/h3-18H2,1-2H3/p+2. The van der Waals surface area contributed by atoms with Crippen LogP contribution in [0.1, 0.15) is 51.4 Å². The van der Waals surface area contributed by atoms with Crippen molar-refractivity contribution in [2.45, 2.75) is 51.4 Å². The van der Waals surface area contributed by atoms with Crippen LogP contribution in [0.4, 0.5) is 0 Å². The summed E-state index contributed by atoms with van der Waals surface area (Å²) in [5.41, 5.74) is 0. The summed E-state index contributed by atoms with van der Waals surface area (Å²) in [6.07, 6.45) is 10.3. The van der Waals surface area contributed by atoms with Gasteiger partial charge in [0.2, 0.25) is 0 Å². The van der Waals surface area contributed by atoms with E-state index in [0.29, 0.717) is 13.1 Å². The third-order valence-corrected chi connectivity index (χ3v) is 6.37. The summed E-state index contributed by atoms with van der Waals surface area (Å²) in [7, 11) is 4.53. The largest absolute Gasteiger partial charge is 0.342 e. The monoisotopic (exact) mass is 368 g/mol. The van der Waals surface area contributed by atoms with Crippen LogP contribution in [0.2, 0.25) is 0 Å². The topological polar surface area (TPSA) is 58.2 Å². The number of carbonyl (C=O) groups excluding carboxylic acids is 2. The maximum absolute atomic E-state index is 12.0. The second-order valence-corrected chi connectivity index (χ2v) is 8.92. The first-order valence-corrected chi connectivity index (χ1v) is 10.7. The second-order valence-electron chi connectivity index (χ2n) is 8.92. The van der Waals surface area contributed by atoms with Gasteiger partial charge in [0, 0.05) is 0 Å². The quantitative estimate of drug-likeness (QED) is 0.548. The lowest BCUT2D eigenvalue weighted by Crippen LogP contribution is -2.52. The molecule has 0 aromatic heterocycles. The highest BCUT2D eigenvalue weighted by molar-refractivity contribution is 6.35. The Bertz CT molecular complexity index is 409. The zero-order chi connectivity index (χ0) is 18.9. The molecule has 2 aliphatic heterocycles. The Labute approximate surface area is 159 Å². The van der Waals surface area contributed by atoms with E-state index in [1.54, 1.807) is 0 Å². The zero-order valence-electron chi connectivity index (χ0n) is 17.0.